The molecule has 0 aromatic carbocycles. The van der Waals surface area contributed by atoms with Crippen LogP contribution in [0, 0.1) is 0 Å². The summed E-state index contributed by atoms with van der Waals surface area (Å²) in [7, 11) is 1.59. The number of phosphoric acid groups is 1. The molecule has 0 saturated heterocycles. The van der Waals surface area contributed by atoms with E-state index in [-0.39, 0.29) is 19.1 Å². The van der Waals surface area contributed by atoms with Gasteiger partial charge in [0.1, 0.15) is 13.2 Å². The van der Waals surface area contributed by atoms with Crippen molar-refractivity contribution in [1.29, 1.82) is 0 Å². The van der Waals surface area contributed by atoms with E-state index in [1.165, 1.54) is 167 Å². The third kappa shape index (κ3) is 57.6. The lowest BCUT2D eigenvalue weighted by atomic mass is 10.0. The first-order chi connectivity index (χ1) is 36.0. The second kappa shape index (κ2) is 55.7. The van der Waals surface area contributed by atoms with Crippen molar-refractivity contribution in [3.63, 3.8) is 0 Å². The number of rotatable bonds is 57. The number of aliphatic hydroxyl groups excluding tert-OH is 1. The highest BCUT2D eigenvalue weighted by atomic mass is 31.2. The van der Waals surface area contributed by atoms with Crippen LogP contribution >= 0.6 is 7.82 Å². The molecule has 0 aliphatic heterocycles. The topological polar surface area (TPSA) is 105 Å². The first-order valence-electron chi connectivity index (χ1n) is 31.3. The maximum atomic E-state index is 13.0. The third-order valence-electron chi connectivity index (χ3n) is 14.0. The summed E-state index contributed by atoms with van der Waals surface area (Å²) in [6.45, 7) is 4.78. The Kier molecular flexibility index (Phi) is 54.1. The molecule has 9 heteroatoms. The molecule has 8 nitrogen and oxygen atoms in total. The number of nitrogens with one attached hydrogen (secondary N) is 1. The molecule has 0 saturated carbocycles. The first-order valence-corrected chi connectivity index (χ1v) is 32.8. The fourth-order valence-corrected chi connectivity index (χ4v) is 9.85. The van der Waals surface area contributed by atoms with Crippen LogP contribution in [-0.4, -0.2) is 73.4 Å². The lowest BCUT2D eigenvalue weighted by Crippen LogP contribution is -2.46. The van der Waals surface area contributed by atoms with E-state index in [4.69, 9.17) is 9.05 Å². The minimum atomic E-state index is -4.34. The number of hydrogen-bond acceptors (Lipinski definition) is 5. The molecule has 0 heterocycles. The maximum Gasteiger partial charge on any atom is 0.472 e. The van der Waals surface area contributed by atoms with E-state index in [0.717, 1.165) is 89.9 Å². The zero-order chi connectivity index (χ0) is 54.2. The van der Waals surface area contributed by atoms with E-state index in [1.807, 2.05) is 21.1 Å². The van der Waals surface area contributed by atoms with Gasteiger partial charge < -0.3 is 19.8 Å². The maximum absolute atomic E-state index is 13.0. The average Bonchev–Trinajstić information content (AvgIpc) is 3.36. The molecule has 3 atom stereocenters. The summed E-state index contributed by atoms with van der Waals surface area (Å²) in [6, 6.07) is -0.781. The van der Waals surface area contributed by atoms with Crippen molar-refractivity contribution in [1.82, 2.24) is 5.32 Å². The van der Waals surface area contributed by atoms with Crippen molar-refractivity contribution in [2.24, 2.45) is 0 Å². The van der Waals surface area contributed by atoms with Gasteiger partial charge in [-0.3, -0.25) is 13.8 Å². The highest BCUT2D eigenvalue weighted by Gasteiger charge is 2.28. The van der Waals surface area contributed by atoms with Gasteiger partial charge in [0.05, 0.1) is 39.9 Å². The highest BCUT2D eigenvalue weighted by molar-refractivity contribution is 7.47. The zero-order valence-electron chi connectivity index (χ0n) is 49.3. The largest absolute Gasteiger partial charge is 0.472 e. The SMILES string of the molecule is CC/C=C\C/C=C\C/C=C\C/C=C\C/C=C\C/C=C\CCCCCCC(=O)NC(COP(=O)(O)OCC[N+](C)(C)C)C(O)CCCCCCCCCCCCCCCCCCCCCCCCCCCCCCC. The van der Waals surface area contributed by atoms with Crippen molar-refractivity contribution in [3.8, 4) is 0 Å². The van der Waals surface area contributed by atoms with Gasteiger partial charge in [-0.1, -0.05) is 286 Å². The second-order valence-electron chi connectivity index (χ2n) is 22.4. The van der Waals surface area contributed by atoms with E-state index in [2.05, 4.69) is 92.1 Å². The normalized spacial score (nSPS) is 14.3. The Hall–Kier alpha value is -2.06. The van der Waals surface area contributed by atoms with Crippen LogP contribution in [0.25, 0.3) is 0 Å². The molecule has 0 aliphatic carbocycles. The number of carbonyl (C=O) groups excluding carboxylic acids is 1. The van der Waals surface area contributed by atoms with Gasteiger partial charge in [-0.25, -0.2) is 4.57 Å². The van der Waals surface area contributed by atoms with Gasteiger partial charge in [0, 0.05) is 6.42 Å². The van der Waals surface area contributed by atoms with Gasteiger partial charge in [0.25, 0.3) is 0 Å². The molecule has 0 aromatic heterocycles. The molecule has 3 unspecified atom stereocenters. The lowest BCUT2D eigenvalue weighted by molar-refractivity contribution is -0.870. The molecule has 0 aromatic rings. The Labute approximate surface area is 459 Å². The number of aliphatic hydroxyl groups is 1. The molecule has 0 rings (SSSR count). The molecule has 0 spiro atoms. The fourth-order valence-electron chi connectivity index (χ4n) is 9.11. The van der Waals surface area contributed by atoms with E-state index >= 15 is 0 Å². The van der Waals surface area contributed by atoms with Crippen molar-refractivity contribution >= 4 is 13.7 Å². The van der Waals surface area contributed by atoms with Crippen molar-refractivity contribution in [2.45, 2.75) is 296 Å². The summed E-state index contributed by atoms with van der Waals surface area (Å²) in [4.78, 5) is 23.4. The van der Waals surface area contributed by atoms with Crippen LogP contribution in [0.15, 0.2) is 72.9 Å². The number of unbranched alkanes of at least 4 members (excludes halogenated alkanes) is 32. The van der Waals surface area contributed by atoms with E-state index < -0.39 is 20.0 Å². The third-order valence-corrected chi connectivity index (χ3v) is 15.0. The molecule has 0 aliphatic rings. The van der Waals surface area contributed by atoms with Crippen LogP contribution < -0.4 is 5.32 Å². The van der Waals surface area contributed by atoms with Crippen molar-refractivity contribution in [2.75, 3.05) is 40.9 Å². The Bertz CT molecular complexity index is 1430. The first kappa shape index (κ1) is 71.9. The van der Waals surface area contributed by atoms with Crippen molar-refractivity contribution in [3.05, 3.63) is 72.9 Å². The van der Waals surface area contributed by atoms with Gasteiger partial charge in [0.2, 0.25) is 5.91 Å². The second-order valence-corrected chi connectivity index (χ2v) is 23.9. The van der Waals surface area contributed by atoms with E-state index in [0.29, 0.717) is 23.9 Å². The Morgan fingerprint density at radius 3 is 1.19 bits per heavy atom. The molecule has 0 bridgehead atoms. The smallest absolute Gasteiger partial charge is 0.391 e. The Morgan fingerprint density at radius 2 is 0.811 bits per heavy atom. The molecule has 3 N–H and O–H groups in total. The van der Waals surface area contributed by atoms with E-state index in [1.54, 1.807) is 0 Å². The highest BCUT2D eigenvalue weighted by Crippen LogP contribution is 2.43. The lowest BCUT2D eigenvalue weighted by Gasteiger charge is -2.26. The van der Waals surface area contributed by atoms with E-state index in [9.17, 15) is 19.4 Å². The number of hydrogen-bond donors (Lipinski definition) is 3. The average molecular weight is 1060 g/mol. The number of likely N-dealkylation sites (N-methyl/N-ethyl adjacent to an activating group) is 1. The Morgan fingerprint density at radius 1 is 0.473 bits per heavy atom. The summed E-state index contributed by atoms with van der Waals surface area (Å²) in [5, 5.41) is 14.1. The van der Waals surface area contributed by atoms with Gasteiger partial charge >= 0.3 is 7.82 Å². The predicted molar refractivity (Wildman–Crippen MR) is 323 cm³/mol. The van der Waals surface area contributed by atoms with Crippen LogP contribution in [0.4, 0.5) is 0 Å². The number of allylic oxidation sites excluding steroid dienone is 12. The number of amides is 1. The number of phosphoric ester groups is 1. The van der Waals surface area contributed by atoms with Crippen LogP contribution in [0.5, 0.6) is 0 Å². The zero-order valence-corrected chi connectivity index (χ0v) is 50.2. The Balaban J connectivity index is 4.15. The molecular weight excluding hydrogens is 936 g/mol. The molecular formula is C65H122N2O6P+. The van der Waals surface area contributed by atoms with Crippen LogP contribution in [-0.2, 0) is 18.4 Å². The predicted octanol–water partition coefficient (Wildman–Crippen LogP) is 19.4. The summed E-state index contributed by atoms with van der Waals surface area (Å²) in [6.07, 6.45) is 76.9. The molecule has 0 fully saturated rings. The molecule has 74 heavy (non-hydrogen) atoms. The summed E-state index contributed by atoms with van der Waals surface area (Å²) in [5.74, 6) is -0.168. The molecule has 0 radical (unpaired) electrons. The minimum Gasteiger partial charge on any atom is -0.391 e. The quantitative estimate of drug-likeness (QED) is 0.0243. The minimum absolute atomic E-state index is 0.0661. The van der Waals surface area contributed by atoms with Gasteiger partial charge in [0.15, 0.2) is 0 Å². The van der Waals surface area contributed by atoms with Crippen LogP contribution in [0.1, 0.15) is 284 Å². The fraction of sp³-hybridized carbons (Fsp3) is 0.800. The molecule has 432 valence electrons. The standard InChI is InChI=1S/C65H121N2O6P/c1-6-8-10-12-14-16-18-20-22-24-26-28-30-31-32-33-34-35-37-38-40-42-44-46-48-50-52-54-56-58-64(68)63(62-73-74(70,71)72-61-60-67(3,4)5)66-65(69)59-57-55-53-51-49-47-45-43-41-39-36-29-27-25-23-21-19-17-15-13-11-9-7-2/h9,11,15,17,21,23,27,29,39,41,45,47,63-64,68H,6-8,10,12-14,16,18-20,22,24-26,28,30-38,40,42-44,46,48-62H2,1-5H3,(H-,66,69,70,71)/p+1/b11-9-,17-15-,23-21-,29-27-,41-39-,47-45-. The van der Waals surface area contributed by atoms with Gasteiger partial charge in [-0.15, -0.1) is 0 Å². The van der Waals surface area contributed by atoms with Gasteiger partial charge in [-0.2, -0.15) is 0 Å². The summed E-state index contributed by atoms with van der Waals surface area (Å²) >= 11 is 0. The van der Waals surface area contributed by atoms with Crippen molar-refractivity contribution < 1.29 is 32.9 Å². The van der Waals surface area contributed by atoms with Crippen LogP contribution in [0.3, 0.4) is 0 Å². The number of quaternary nitrogens is 1. The van der Waals surface area contributed by atoms with Crippen LogP contribution in [0.2, 0.25) is 0 Å². The summed E-state index contributed by atoms with van der Waals surface area (Å²) in [5.41, 5.74) is 0. The molecule has 1 amide bonds. The number of carbonyl (C=O) groups is 1. The monoisotopic (exact) mass is 1060 g/mol. The number of nitrogens with zero attached hydrogens (tertiary/aromatic N) is 1. The van der Waals surface area contributed by atoms with Gasteiger partial charge in [-0.05, 0) is 64.2 Å². The summed E-state index contributed by atoms with van der Waals surface area (Å²) < 4.78 is 23.8.